The summed E-state index contributed by atoms with van der Waals surface area (Å²) in [6, 6.07) is 13.6. The van der Waals surface area contributed by atoms with Gasteiger partial charge in [0.25, 0.3) is 0 Å². The quantitative estimate of drug-likeness (QED) is 0.828. The zero-order valence-electron chi connectivity index (χ0n) is 13.8. The molecular weight excluding hydrogens is 302 g/mol. The van der Waals surface area contributed by atoms with Gasteiger partial charge in [0.1, 0.15) is 6.61 Å². The summed E-state index contributed by atoms with van der Waals surface area (Å²) in [5, 5.41) is 11.2. The first-order valence-electron chi connectivity index (χ1n) is 8.62. The molecule has 1 heterocycles. The van der Waals surface area contributed by atoms with E-state index in [1.54, 1.807) is 6.07 Å². The van der Waals surface area contributed by atoms with Crippen LogP contribution in [0, 0.1) is 5.92 Å². The monoisotopic (exact) mass is 325 g/mol. The molecule has 0 unspecified atom stereocenters. The topological polar surface area (TPSA) is 64.1 Å². The minimum absolute atomic E-state index is 0.156. The van der Waals surface area contributed by atoms with Gasteiger partial charge in [-0.05, 0) is 18.9 Å². The van der Waals surface area contributed by atoms with Gasteiger partial charge in [-0.1, -0.05) is 49.6 Å². The molecule has 0 bridgehead atoms. The van der Waals surface area contributed by atoms with Gasteiger partial charge >= 0.3 is 0 Å². The van der Waals surface area contributed by atoms with Crippen molar-refractivity contribution in [3.8, 4) is 17.1 Å². The second kappa shape index (κ2) is 8.43. The molecule has 24 heavy (non-hydrogen) atoms. The number of carbonyl (C=O) groups excluding carboxylic acids is 1. The van der Waals surface area contributed by atoms with Crippen LogP contribution < -0.4 is 10.1 Å². The minimum atomic E-state index is 0.156. The molecule has 0 atom stereocenters. The SMILES string of the molecule is O=C(NCCOc1ccc(-c2ccccc2)nn1)C1CCCCC1. The molecule has 1 aliphatic carbocycles. The molecule has 1 aromatic heterocycles. The Hall–Kier alpha value is -2.43. The summed E-state index contributed by atoms with van der Waals surface area (Å²) >= 11 is 0. The summed E-state index contributed by atoms with van der Waals surface area (Å²) in [7, 11) is 0. The van der Waals surface area contributed by atoms with Gasteiger partial charge in [-0.25, -0.2) is 0 Å². The number of nitrogens with zero attached hydrogens (tertiary/aromatic N) is 2. The number of rotatable bonds is 6. The maximum absolute atomic E-state index is 12.0. The molecule has 0 saturated heterocycles. The number of hydrogen-bond donors (Lipinski definition) is 1. The maximum Gasteiger partial charge on any atom is 0.233 e. The van der Waals surface area contributed by atoms with Crippen LogP contribution in [0.5, 0.6) is 5.88 Å². The largest absolute Gasteiger partial charge is 0.475 e. The Morgan fingerprint density at radius 1 is 1.04 bits per heavy atom. The average Bonchev–Trinajstić information content (AvgIpc) is 2.67. The highest BCUT2D eigenvalue weighted by Gasteiger charge is 2.20. The van der Waals surface area contributed by atoms with E-state index in [4.69, 9.17) is 4.74 Å². The molecule has 1 N–H and O–H groups in total. The van der Waals surface area contributed by atoms with Gasteiger partial charge in [0.2, 0.25) is 11.8 Å². The van der Waals surface area contributed by atoms with E-state index in [2.05, 4.69) is 15.5 Å². The third kappa shape index (κ3) is 4.54. The summed E-state index contributed by atoms with van der Waals surface area (Å²) < 4.78 is 5.55. The van der Waals surface area contributed by atoms with Gasteiger partial charge in [0.05, 0.1) is 12.2 Å². The van der Waals surface area contributed by atoms with Crippen molar-refractivity contribution in [2.75, 3.05) is 13.2 Å². The third-order valence-electron chi connectivity index (χ3n) is 4.34. The van der Waals surface area contributed by atoms with E-state index in [-0.39, 0.29) is 11.8 Å². The first kappa shape index (κ1) is 16.4. The minimum Gasteiger partial charge on any atom is -0.475 e. The van der Waals surface area contributed by atoms with Crippen LogP contribution in [0.3, 0.4) is 0 Å². The smallest absolute Gasteiger partial charge is 0.233 e. The fraction of sp³-hybridized carbons (Fsp3) is 0.421. The lowest BCUT2D eigenvalue weighted by atomic mass is 9.89. The van der Waals surface area contributed by atoms with Crippen LogP contribution in [-0.2, 0) is 4.79 Å². The highest BCUT2D eigenvalue weighted by atomic mass is 16.5. The molecule has 1 amide bonds. The Morgan fingerprint density at radius 2 is 1.83 bits per heavy atom. The molecule has 2 aromatic rings. The van der Waals surface area contributed by atoms with Crippen LogP contribution in [-0.4, -0.2) is 29.3 Å². The molecule has 0 radical (unpaired) electrons. The molecule has 3 rings (SSSR count). The Kier molecular flexibility index (Phi) is 5.77. The van der Waals surface area contributed by atoms with Crippen molar-refractivity contribution in [1.82, 2.24) is 15.5 Å². The van der Waals surface area contributed by atoms with Gasteiger partial charge in [-0.3, -0.25) is 4.79 Å². The van der Waals surface area contributed by atoms with E-state index in [1.807, 2.05) is 36.4 Å². The summed E-state index contributed by atoms with van der Waals surface area (Å²) in [6.45, 7) is 0.898. The predicted octanol–water partition coefficient (Wildman–Crippen LogP) is 3.22. The Bertz CT molecular complexity index is 637. The van der Waals surface area contributed by atoms with Crippen molar-refractivity contribution in [2.24, 2.45) is 5.92 Å². The summed E-state index contributed by atoms with van der Waals surface area (Å²) in [5.74, 6) is 0.814. The number of hydrogen-bond acceptors (Lipinski definition) is 4. The average molecular weight is 325 g/mol. The number of nitrogens with one attached hydrogen (secondary N) is 1. The molecule has 1 fully saturated rings. The molecule has 1 aromatic carbocycles. The second-order valence-corrected chi connectivity index (χ2v) is 6.10. The number of aromatic nitrogens is 2. The number of amides is 1. The molecule has 5 heteroatoms. The molecule has 1 saturated carbocycles. The van der Waals surface area contributed by atoms with Gasteiger partial charge in [-0.15, -0.1) is 10.2 Å². The van der Waals surface area contributed by atoms with Crippen LogP contribution in [0.4, 0.5) is 0 Å². The highest BCUT2D eigenvalue weighted by Crippen LogP contribution is 2.23. The van der Waals surface area contributed by atoms with Crippen LogP contribution in [0.15, 0.2) is 42.5 Å². The van der Waals surface area contributed by atoms with Crippen molar-refractivity contribution in [2.45, 2.75) is 32.1 Å². The number of ether oxygens (including phenoxy) is 1. The maximum atomic E-state index is 12.0. The van der Waals surface area contributed by atoms with E-state index in [1.165, 1.54) is 6.42 Å². The molecule has 126 valence electrons. The van der Waals surface area contributed by atoms with Gasteiger partial charge in [0.15, 0.2) is 0 Å². The number of benzene rings is 1. The Labute approximate surface area is 142 Å². The van der Waals surface area contributed by atoms with Gasteiger partial charge in [-0.2, -0.15) is 0 Å². The molecule has 0 aliphatic heterocycles. The lowest BCUT2D eigenvalue weighted by molar-refractivity contribution is -0.126. The molecular formula is C19H23N3O2. The first-order chi connectivity index (χ1) is 11.8. The van der Waals surface area contributed by atoms with Crippen LogP contribution >= 0.6 is 0 Å². The molecule has 5 nitrogen and oxygen atoms in total. The van der Waals surface area contributed by atoms with Crippen molar-refractivity contribution in [3.05, 3.63) is 42.5 Å². The third-order valence-corrected chi connectivity index (χ3v) is 4.34. The fourth-order valence-corrected chi connectivity index (χ4v) is 3.00. The normalized spacial score (nSPS) is 15.0. The van der Waals surface area contributed by atoms with Crippen molar-refractivity contribution in [1.29, 1.82) is 0 Å². The fourth-order valence-electron chi connectivity index (χ4n) is 3.00. The standard InChI is InChI=1S/C19H23N3O2/c23-19(16-9-5-2-6-10-16)20-13-14-24-18-12-11-17(21-22-18)15-7-3-1-4-8-15/h1,3-4,7-8,11-12,16H,2,5-6,9-10,13-14H2,(H,20,23). The Balaban J connectivity index is 1.41. The van der Waals surface area contributed by atoms with Crippen molar-refractivity contribution in [3.63, 3.8) is 0 Å². The summed E-state index contributed by atoms with van der Waals surface area (Å²) in [4.78, 5) is 12.0. The van der Waals surface area contributed by atoms with Gasteiger partial charge in [0, 0.05) is 17.5 Å². The molecule has 1 aliphatic rings. The lowest BCUT2D eigenvalue weighted by Crippen LogP contribution is -2.34. The van der Waals surface area contributed by atoms with Crippen molar-refractivity contribution < 1.29 is 9.53 Å². The first-order valence-corrected chi connectivity index (χ1v) is 8.62. The van der Waals surface area contributed by atoms with Crippen LogP contribution in [0.1, 0.15) is 32.1 Å². The van der Waals surface area contributed by atoms with E-state index in [9.17, 15) is 4.79 Å². The summed E-state index contributed by atoms with van der Waals surface area (Å²) in [6.07, 6.45) is 5.61. The zero-order chi connectivity index (χ0) is 16.6. The van der Waals surface area contributed by atoms with E-state index < -0.39 is 0 Å². The van der Waals surface area contributed by atoms with Crippen LogP contribution in [0.25, 0.3) is 11.3 Å². The Morgan fingerprint density at radius 3 is 2.54 bits per heavy atom. The van der Waals surface area contributed by atoms with Crippen molar-refractivity contribution >= 4 is 5.91 Å². The second-order valence-electron chi connectivity index (χ2n) is 6.10. The van der Waals surface area contributed by atoms with E-state index in [0.29, 0.717) is 19.0 Å². The van der Waals surface area contributed by atoms with E-state index >= 15 is 0 Å². The lowest BCUT2D eigenvalue weighted by Gasteiger charge is -2.20. The highest BCUT2D eigenvalue weighted by molar-refractivity contribution is 5.78. The van der Waals surface area contributed by atoms with E-state index in [0.717, 1.165) is 36.9 Å². The zero-order valence-corrected chi connectivity index (χ0v) is 13.8. The molecule has 0 spiro atoms. The van der Waals surface area contributed by atoms with Crippen LogP contribution in [0.2, 0.25) is 0 Å². The van der Waals surface area contributed by atoms with Gasteiger partial charge < -0.3 is 10.1 Å². The predicted molar refractivity (Wildman–Crippen MR) is 92.5 cm³/mol. The number of carbonyl (C=O) groups is 1. The summed E-state index contributed by atoms with van der Waals surface area (Å²) in [5.41, 5.74) is 1.84.